The van der Waals surface area contributed by atoms with E-state index in [-0.39, 0.29) is 31.6 Å². The molecule has 0 fully saturated rings. The van der Waals surface area contributed by atoms with Crippen molar-refractivity contribution in [1.29, 1.82) is 0 Å². The lowest BCUT2D eigenvalue weighted by Crippen LogP contribution is -2.44. The van der Waals surface area contributed by atoms with Crippen molar-refractivity contribution in [2.24, 2.45) is 0 Å². The van der Waals surface area contributed by atoms with Crippen molar-refractivity contribution >= 4 is 24.0 Å². The minimum absolute atomic E-state index is 0.0755. The van der Waals surface area contributed by atoms with Crippen molar-refractivity contribution in [3.8, 4) is 0 Å². The Labute approximate surface area is 236 Å². The second kappa shape index (κ2) is 16.2. The van der Waals surface area contributed by atoms with E-state index in [1.165, 1.54) is 4.90 Å². The van der Waals surface area contributed by atoms with E-state index in [1.54, 1.807) is 24.3 Å². The Morgan fingerprint density at radius 2 is 1.25 bits per heavy atom. The molecule has 1 aliphatic rings. The van der Waals surface area contributed by atoms with Gasteiger partial charge in [0.15, 0.2) is 0 Å². The molecule has 0 saturated carbocycles. The predicted octanol–water partition coefficient (Wildman–Crippen LogP) is 4.38. The number of carbonyl (C=O) groups is 4. The Hall–Kier alpha value is -3.92. The highest BCUT2D eigenvalue weighted by atomic mass is 16.6. The monoisotopic (exact) mass is 552 g/mol. The van der Waals surface area contributed by atoms with Gasteiger partial charge in [-0.1, -0.05) is 69.2 Å². The van der Waals surface area contributed by atoms with Gasteiger partial charge >= 0.3 is 12.2 Å². The predicted molar refractivity (Wildman–Crippen MR) is 151 cm³/mol. The molecule has 0 saturated heterocycles. The summed E-state index contributed by atoms with van der Waals surface area (Å²) in [5.41, 5.74) is 1.63. The Bertz CT molecular complexity index is 1060. The first kappa shape index (κ1) is 30.6. The Balaban J connectivity index is 1.76. The summed E-state index contributed by atoms with van der Waals surface area (Å²) in [7, 11) is 0. The molecule has 3 rings (SSSR count). The summed E-state index contributed by atoms with van der Waals surface area (Å²) >= 11 is 0. The van der Waals surface area contributed by atoms with Crippen molar-refractivity contribution in [2.45, 2.75) is 45.6 Å². The fraction of sp³-hybridized carbons (Fsp3) is 0.467. The molecular formula is C30H40N4O6. The van der Waals surface area contributed by atoms with Gasteiger partial charge in [-0.2, -0.15) is 0 Å². The first-order chi connectivity index (χ1) is 19.5. The topological polar surface area (TPSA) is 117 Å². The maximum atomic E-state index is 13.2. The smallest absolute Gasteiger partial charge is 0.407 e. The van der Waals surface area contributed by atoms with Crippen LogP contribution in [-0.2, 0) is 9.47 Å². The summed E-state index contributed by atoms with van der Waals surface area (Å²) in [4.78, 5) is 53.9. The highest BCUT2D eigenvalue weighted by Gasteiger charge is 2.38. The summed E-state index contributed by atoms with van der Waals surface area (Å²) in [5.74, 6) is -0.695. The highest BCUT2D eigenvalue weighted by molar-refractivity contribution is 6.21. The third-order valence-corrected chi connectivity index (χ3v) is 6.68. The zero-order valence-electron chi connectivity index (χ0n) is 23.4. The lowest BCUT2D eigenvalue weighted by Gasteiger charge is -2.34. The van der Waals surface area contributed by atoms with E-state index < -0.39 is 18.2 Å². The zero-order chi connectivity index (χ0) is 28.7. The molecule has 2 aromatic carbocycles. The fourth-order valence-electron chi connectivity index (χ4n) is 4.46. The third-order valence-electron chi connectivity index (χ3n) is 6.68. The van der Waals surface area contributed by atoms with Crippen LogP contribution in [0, 0.1) is 0 Å². The molecule has 40 heavy (non-hydrogen) atoms. The van der Waals surface area contributed by atoms with Crippen LogP contribution in [0.15, 0.2) is 54.6 Å². The number of carbonyl (C=O) groups excluding carboxylic acids is 4. The Morgan fingerprint density at radius 3 is 1.73 bits per heavy atom. The maximum absolute atomic E-state index is 13.2. The van der Waals surface area contributed by atoms with Gasteiger partial charge in [-0.25, -0.2) is 9.59 Å². The maximum Gasteiger partial charge on any atom is 0.407 e. The van der Waals surface area contributed by atoms with Crippen LogP contribution in [0.2, 0.25) is 0 Å². The molecule has 1 atom stereocenters. The van der Waals surface area contributed by atoms with Gasteiger partial charge in [0.2, 0.25) is 0 Å². The number of benzene rings is 2. The quantitative estimate of drug-likeness (QED) is 0.234. The van der Waals surface area contributed by atoms with Crippen molar-refractivity contribution in [3.63, 3.8) is 0 Å². The van der Waals surface area contributed by atoms with Crippen molar-refractivity contribution < 1.29 is 28.7 Å². The molecule has 1 aliphatic heterocycles. The average Bonchev–Trinajstić information content (AvgIpc) is 3.20. The third kappa shape index (κ3) is 8.81. The van der Waals surface area contributed by atoms with Gasteiger partial charge in [0.25, 0.3) is 11.8 Å². The van der Waals surface area contributed by atoms with Gasteiger partial charge in [-0.05, 0) is 30.5 Å². The SMILES string of the molecule is CCCCNC(=O)OCCN(CCOC(=O)NCCCC)C(CN1C(=O)c2ccccc2C1=O)c1ccccc1. The molecule has 1 heterocycles. The van der Waals surface area contributed by atoms with E-state index in [0.717, 1.165) is 31.2 Å². The first-order valence-electron chi connectivity index (χ1n) is 14.0. The van der Waals surface area contributed by atoms with Crippen LogP contribution in [0.4, 0.5) is 9.59 Å². The molecule has 10 heteroatoms. The van der Waals surface area contributed by atoms with Gasteiger partial charge in [-0.3, -0.25) is 19.4 Å². The van der Waals surface area contributed by atoms with Crippen molar-refractivity contribution in [1.82, 2.24) is 20.4 Å². The van der Waals surface area contributed by atoms with E-state index in [1.807, 2.05) is 49.1 Å². The number of imide groups is 1. The number of fused-ring (bicyclic) bond motifs is 1. The number of rotatable bonds is 16. The van der Waals surface area contributed by atoms with E-state index in [4.69, 9.17) is 9.47 Å². The normalized spacial score (nSPS) is 13.2. The van der Waals surface area contributed by atoms with Crippen LogP contribution in [0.1, 0.15) is 71.9 Å². The molecule has 216 valence electrons. The second-order valence-corrected chi connectivity index (χ2v) is 9.56. The molecule has 2 N–H and O–H groups in total. The lowest BCUT2D eigenvalue weighted by molar-refractivity contribution is 0.0530. The molecule has 0 radical (unpaired) electrons. The van der Waals surface area contributed by atoms with Crippen LogP contribution in [0.3, 0.4) is 0 Å². The Morgan fingerprint density at radius 1 is 0.775 bits per heavy atom. The highest BCUT2D eigenvalue weighted by Crippen LogP contribution is 2.28. The summed E-state index contributed by atoms with van der Waals surface area (Å²) in [6.45, 7) is 5.97. The Kier molecular flexibility index (Phi) is 12.4. The second-order valence-electron chi connectivity index (χ2n) is 9.56. The number of amides is 4. The van der Waals surface area contributed by atoms with Crippen molar-refractivity contribution in [3.05, 3.63) is 71.3 Å². The van der Waals surface area contributed by atoms with Gasteiger partial charge in [0.1, 0.15) is 13.2 Å². The number of nitrogens with one attached hydrogen (secondary N) is 2. The standard InChI is InChI=1S/C30H40N4O6/c1-3-5-16-31-29(37)39-20-18-33(19-21-40-30(38)32-17-6-4-2)26(23-12-8-7-9-13-23)22-34-27(35)24-14-10-11-15-25(24)28(34)36/h7-15,26H,3-6,16-22H2,1-2H3,(H,31,37)(H,32,38). The molecule has 0 bridgehead atoms. The molecule has 1 unspecified atom stereocenters. The molecule has 4 amide bonds. The van der Waals surface area contributed by atoms with Gasteiger partial charge in [0, 0.05) is 32.7 Å². The molecule has 0 spiro atoms. The number of alkyl carbamates (subject to hydrolysis) is 2. The van der Waals surface area contributed by atoms with E-state index in [9.17, 15) is 19.2 Å². The number of nitrogens with zero attached hydrogens (tertiary/aromatic N) is 2. The number of ether oxygens (including phenoxy) is 2. The van der Waals surface area contributed by atoms with Crippen LogP contribution in [0.5, 0.6) is 0 Å². The fourth-order valence-corrected chi connectivity index (χ4v) is 4.46. The number of hydrogen-bond acceptors (Lipinski definition) is 7. The van der Waals surface area contributed by atoms with E-state index in [2.05, 4.69) is 10.6 Å². The minimum Gasteiger partial charge on any atom is -0.448 e. The number of unbranched alkanes of at least 4 members (excludes halogenated alkanes) is 2. The largest absolute Gasteiger partial charge is 0.448 e. The molecular weight excluding hydrogens is 512 g/mol. The average molecular weight is 553 g/mol. The van der Waals surface area contributed by atoms with Crippen LogP contribution in [-0.4, -0.2) is 79.7 Å². The van der Waals surface area contributed by atoms with Gasteiger partial charge in [0.05, 0.1) is 17.2 Å². The van der Waals surface area contributed by atoms with Gasteiger partial charge < -0.3 is 20.1 Å². The van der Waals surface area contributed by atoms with E-state index in [0.29, 0.717) is 37.3 Å². The van der Waals surface area contributed by atoms with Gasteiger partial charge in [-0.15, -0.1) is 0 Å². The van der Waals surface area contributed by atoms with Crippen molar-refractivity contribution in [2.75, 3.05) is 45.9 Å². The molecule has 10 nitrogen and oxygen atoms in total. The van der Waals surface area contributed by atoms with E-state index >= 15 is 0 Å². The lowest BCUT2D eigenvalue weighted by atomic mass is 10.0. The molecule has 2 aromatic rings. The van der Waals surface area contributed by atoms with Crippen LogP contribution >= 0.6 is 0 Å². The number of hydrogen-bond donors (Lipinski definition) is 2. The molecule has 0 aromatic heterocycles. The molecule has 0 aliphatic carbocycles. The van der Waals surface area contributed by atoms with Crippen LogP contribution in [0.25, 0.3) is 0 Å². The summed E-state index contributed by atoms with van der Waals surface area (Å²) in [5, 5.41) is 5.45. The summed E-state index contributed by atoms with van der Waals surface area (Å²) < 4.78 is 10.8. The summed E-state index contributed by atoms with van der Waals surface area (Å²) in [6, 6.07) is 15.9. The zero-order valence-corrected chi connectivity index (χ0v) is 23.4. The summed E-state index contributed by atoms with van der Waals surface area (Å²) in [6.07, 6.45) is 2.62. The first-order valence-corrected chi connectivity index (χ1v) is 14.0. The van der Waals surface area contributed by atoms with Crippen LogP contribution < -0.4 is 10.6 Å². The minimum atomic E-state index is -0.503.